The summed E-state index contributed by atoms with van der Waals surface area (Å²) in [6.07, 6.45) is 1.23. The van der Waals surface area contributed by atoms with Crippen LogP contribution in [0.4, 0.5) is 0 Å². The number of Topliss-reactive ketones (excluding diaryl/α,β-unsaturated/α-hetero) is 1. The molecule has 1 aliphatic carbocycles. The van der Waals surface area contributed by atoms with Crippen molar-refractivity contribution in [3.8, 4) is 17.2 Å². The van der Waals surface area contributed by atoms with Crippen molar-refractivity contribution in [2.45, 2.75) is 32.6 Å². The molecular weight excluding hydrogens is 352 g/mol. The zero-order chi connectivity index (χ0) is 19.8. The minimum absolute atomic E-state index is 0.0828. The number of carbonyl (C=O) groups is 1. The Balaban J connectivity index is 1.77. The summed E-state index contributed by atoms with van der Waals surface area (Å²) >= 11 is 0. The van der Waals surface area contributed by atoms with Crippen LogP contribution in [0.2, 0.25) is 0 Å². The number of fused-ring (bicyclic) bond motifs is 1. The Morgan fingerprint density at radius 3 is 2.50 bits per heavy atom. The van der Waals surface area contributed by atoms with Gasteiger partial charge in [-0.05, 0) is 61.6 Å². The summed E-state index contributed by atoms with van der Waals surface area (Å²) in [5.41, 5.74) is 5.79. The fraction of sp³-hybridized carbons (Fsp3) is 0.304. The first kappa shape index (κ1) is 18.3. The summed E-state index contributed by atoms with van der Waals surface area (Å²) in [6.45, 7) is 3.98. The van der Waals surface area contributed by atoms with Crippen molar-refractivity contribution in [3.63, 3.8) is 0 Å². The van der Waals surface area contributed by atoms with Gasteiger partial charge in [-0.2, -0.15) is 5.10 Å². The van der Waals surface area contributed by atoms with Crippen LogP contribution in [0.15, 0.2) is 42.5 Å². The highest BCUT2D eigenvalue weighted by Crippen LogP contribution is 2.38. The van der Waals surface area contributed by atoms with E-state index in [0.717, 1.165) is 40.2 Å². The topological polar surface area (TPSA) is 53.3 Å². The molecule has 0 saturated carbocycles. The van der Waals surface area contributed by atoms with Crippen LogP contribution in [0, 0.1) is 13.8 Å². The largest absolute Gasteiger partial charge is 0.493 e. The average molecular weight is 376 g/mol. The number of hydrogen-bond donors (Lipinski definition) is 0. The first-order valence-corrected chi connectivity index (χ1v) is 9.42. The van der Waals surface area contributed by atoms with Gasteiger partial charge >= 0.3 is 0 Å². The number of aromatic nitrogens is 2. The molecule has 0 spiro atoms. The van der Waals surface area contributed by atoms with Crippen LogP contribution in [-0.4, -0.2) is 29.8 Å². The van der Waals surface area contributed by atoms with E-state index in [2.05, 4.69) is 19.1 Å². The highest BCUT2D eigenvalue weighted by Gasteiger charge is 2.32. The van der Waals surface area contributed by atoms with E-state index in [1.165, 1.54) is 0 Å². The van der Waals surface area contributed by atoms with Gasteiger partial charge in [0.15, 0.2) is 17.3 Å². The Labute approximate surface area is 164 Å². The van der Waals surface area contributed by atoms with Gasteiger partial charge < -0.3 is 9.47 Å². The molecule has 0 amide bonds. The molecule has 0 unspecified atom stereocenters. The summed E-state index contributed by atoms with van der Waals surface area (Å²) in [4.78, 5) is 13.0. The third-order valence-corrected chi connectivity index (χ3v) is 5.43. The molecule has 5 heteroatoms. The van der Waals surface area contributed by atoms with E-state index in [-0.39, 0.29) is 11.7 Å². The smallest absolute Gasteiger partial charge is 0.167 e. The molecule has 0 N–H and O–H groups in total. The first-order chi connectivity index (χ1) is 13.5. The Bertz CT molecular complexity index is 1050. The number of nitrogens with zero attached hydrogens (tertiary/aromatic N) is 2. The number of ketones is 1. The summed E-state index contributed by atoms with van der Waals surface area (Å²) < 4.78 is 12.7. The van der Waals surface area contributed by atoms with Gasteiger partial charge in [-0.25, -0.2) is 4.68 Å². The fourth-order valence-corrected chi connectivity index (χ4v) is 4.07. The lowest BCUT2D eigenvalue weighted by Gasteiger charge is -2.24. The normalized spacial score (nSPS) is 16.0. The highest BCUT2D eigenvalue weighted by atomic mass is 16.5. The Morgan fingerprint density at radius 1 is 1.00 bits per heavy atom. The molecule has 28 heavy (non-hydrogen) atoms. The number of rotatable bonds is 4. The van der Waals surface area contributed by atoms with Crippen molar-refractivity contribution in [1.82, 2.24) is 9.78 Å². The van der Waals surface area contributed by atoms with Crippen molar-refractivity contribution < 1.29 is 14.3 Å². The summed E-state index contributed by atoms with van der Waals surface area (Å²) in [5.74, 6) is 1.60. The van der Waals surface area contributed by atoms with Gasteiger partial charge in [-0.1, -0.05) is 18.2 Å². The number of hydrogen-bond acceptors (Lipinski definition) is 4. The zero-order valence-electron chi connectivity index (χ0n) is 16.7. The third kappa shape index (κ3) is 3.07. The predicted molar refractivity (Wildman–Crippen MR) is 108 cm³/mol. The van der Waals surface area contributed by atoms with Gasteiger partial charge in [0.05, 0.1) is 36.9 Å². The maximum atomic E-state index is 13.0. The van der Waals surface area contributed by atoms with Crippen LogP contribution in [0.3, 0.4) is 0 Å². The fourth-order valence-electron chi connectivity index (χ4n) is 4.07. The Kier molecular flexibility index (Phi) is 4.67. The zero-order valence-corrected chi connectivity index (χ0v) is 16.7. The summed E-state index contributed by atoms with van der Waals surface area (Å²) in [5, 5.41) is 4.69. The van der Waals surface area contributed by atoms with Gasteiger partial charge in [-0.15, -0.1) is 0 Å². The lowest BCUT2D eigenvalue weighted by Crippen LogP contribution is -2.20. The monoisotopic (exact) mass is 376 g/mol. The second-order valence-electron chi connectivity index (χ2n) is 7.30. The molecule has 144 valence electrons. The average Bonchev–Trinajstić information content (AvgIpc) is 3.04. The summed E-state index contributed by atoms with van der Waals surface area (Å²) in [7, 11) is 3.25. The second kappa shape index (κ2) is 7.15. The molecule has 1 aliphatic rings. The van der Waals surface area contributed by atoms with Gasteiger partial charge in [0, 0.05) is 6.42 Å². The van der Waals surface area contributed by atoms with Crippen molar-refractivity contribution in [3.05, 3.63) is 70.5 Å². The molecule has 3 aromatic rings. The van der Waals surface area contributed by atoms with Gasteiger partial charge in [0.25, 0.3) is 0 Å². The van der Waals surface area contributed by atoms with Crippen LogP contribution < -0.4 is 9.47 Å². The molecule has 5 nitrogen and oxygen atoms in total. The Hall–Kier alpha value is -3.08. The minimum Gasteiger partial charge on any atom is -0.493 e. The Morgan fingerprint density at radius 2 is 1.79 bits per heavy atom. The molecular formula is C23H24N2O3. The van der Waals surface area contributed by atoms with Crippen molar-refractivity contribution >= 4 is 5.78 Å². The molecule has 1 heterocycles. The van der Waals surface area contributed by atoms with Crippen LogP contribution >= 0.6 is 0 Å². The lowest BCUT2D eigenvalue weighted by atomic mass is 9.81. The SMILES string of the molecule is COc1ccc([C@@H]2CC(=O)c3c(C)nn(-c4cccc(C)c4)c3C2)cc1OC. The second-order valence-corrected chi connectivity index (χ2v) is 7.30. The number of aryl methyl sites for hydroxylation is 2. The van der Waals surface area contributed by atoms with E-state index < -0.39 is 0 Å². The lowest BCUT2D eigenvalue weighted by molar-refractivity contribution is 0.0963. The van der Waals surface area contributed by atoms with Crippen molar-refractivity contribution in [2.24, 2.45) is 0 Å². The van der Waals surface area contributed by atoms with Gasteiger partial charge in [0.1, 0.15) is 0 Å². The number of benzene rings is 2. The highest BCUT2D eigenvalue weighted by molar-refractivity contribution is 6.00. The molecule has 0 aliphatic heterocycles. The standard InChI is InChI=1S/C23H24N2O3/c1-14-6-5-7-18(10-14)25-19-11-17(12-20(26)23(19)15(2)24-25)16-8-9-21(27-3)22(13-16)28-4/h5-10,13,17H,11-12H2,1-4H3/t17-/m0/s1. The van der Waals surface area contributed by atoms with Crippen molar-refractivity contribution in [1.29, 1.82) is 0 Å². The summed E-state index contributed by atoms with van der Waals surface area (Å²) in [6, 6.07) is 14.1. The van der Waals surface area contributed by atoms with E-state index in [9.17, 15) is 4.79 Å². The molecule has 0 saturated heterocycles. The quantitative estimate of drug-likeness (QED) is 0.676. The molecule has 1 aromatic heterocycles. The molecule has 0 bridgehead atoms. The van der Waals surface area contributed by atoms with Crippen LogP contribution in [0.1, 0.15) is 45.2 Å². The van der Waals surface area contributed by atoms with Crippen molar-refractivity contribution in [2.75, 3.05) is 14.2 Å². The number of carbonyl (C=O) groups excluding carboxylic acids is 1. The molecule has 2 aromatic carbocycles. The molecule has 4 rings (SSSR count). The molecule has 0 radical (unpaired) electrons. The van der Waals surface area contributed by atoms with Crippen LogP contribution in [-0.2, 0) is 6.42 Å². The van der Waals surface area contributed by atoms with Gasteiger partial charge in [0.2, 0.25) is 0 Å². The first-order valence-electron chi connectivity index (χ1n) is 9.42. The van der Waals surface area contributed by atoms with Gasteiger partial charge in [-0.3, -0.25) is 4.79 Å². The maximum Gasteiger partial charge on any atom is 0.167 e. The minimum atomic E-state index is 0.0828. The van der Waals surface area contributed by atoms with Crippen LogP contribution in [0.25, 0.3) is 5.69 Å². The third-order valence-electron chi connectivity index (χ3n) is 5.43. The van der Waals surface area contributed by atoms with E-state index in [4.69, 9.17) is 14.6 Å². The van der Waals surface area contributed by atoms with E-state index in [1.54, 1.807) is 14.2 Å². The van der Waals surface area contributed by atoms with E-state index >= 15 is 0 Å². The van der Waals surface area contributed by atoms with Crippen LogP contribution in [0.5, 0.6) is 11.5 Å². The number of methoxy groups -OCH3 is 2. The van der Waals surface area contributed by atoms with E-state index in [0.29, 0.717) is 17.9 Å². The maximum absolute atomic E-state index is 13.0. The van der Waals surface area contributed by atoms with E-state index in [1.807, 2.05) is 41.9 Å². The number of ether oxygens (including phenoxy) is 2. The molecule has 1 atom stereocenters. The predicted octanol–water partition coefficient (Wildman–Crippen LogP) is 4.42. The molecule has 0 fully saturated rings.